The Bertz CT molecular complexity index is 582. The van der Waals surface area contributed by atoms with E-state index in [1.165, 1.54) is 11.1 Å². The lowest BCUT2D eigenvalue weighted by Gasteiger charge is -2.31. The molecule has 2 aromatic rings. The van der Waals surface area contributed by atoms with Crippen molar-refractivity contribution in [1.29, 1.82) is 0 Å². The number of benzene rings is 2. The van der Waals surface area contributed by atoms with Gasteiger partial charge in [0.25, 0.3) is 0 Å². The average Bonchev–Trinajstić information content (AvgIpc) is 2.81. The molecule has 0 heterocycles. The molecule has 0 bridgehead atoms. The van der Waals surface area contributed by atoms with Gasteiger partial charge in [0.1, 0.15) is 0 Å². The quantitative estimate of drug-likeness (QED) is 0.904. The summed E-state index contributed by atoms with van der Waals surface area (Å²) < 4.78 is 1.06. The largest absolute Gasteiger partial charge is 0.394 e. The molecule has 0 spiro atoms. The first-order valence-electron chi connectivity index (χ1n) is 6.46. The molecular weight excluding hydrogens is 302 g/mol. The van der Waals surface area contributed by atoms with Crippen LogP contribution in [0.4, 0.5) is 5.69 Å². The van der Waals surface area contributed by atoms with Crippen LogP contribution in [-0.2, 0) is 12.0 Å². The standard InChI is InChI=1S/C16H16BrNO/c17-13-5-7-14(8-6-13)18-16(11-19)10-9-12-3-1-2-4-15(12)16/h1-8,18-19H,9-11H2. The predicted molar refractivity (Wildman–Crippen MR) is 81.3 cm³/mol. The molecule has 1 atom stereocenters. The molecular formula is C16H16BrNO. The minimum absolute atomic E-state index is 0.111. The van der Waals surface area contributed by atoms with Crippen molar-refractivity contribution in [3.05, 3.63) is 64.1 Å². The molecule has 1 aliphatic rings. The number of fused-ring (bicyclic) bond motifs is 1. The molecule has 3 heteroatoms. The third-order valence-electron chi connectivity index (χ3n) is 3.85. The molecule has 0 saturated carbocycles. The minimum Gasteiger partial charge on any atom is -0.394 e. The van der Waals surface area contributed by atoms with E-state index in [1.807, 2.05) is 30.3 Å². The van der Waals surface area contributed by atoms with Crippen LogP contribution >= 0.6 is 15.9 Å². The SMILES string of the molecule is OCC1(Nc2ccc(Br)cc2)CCc2ccccc21. The molecule has 98 valence electrons. The maximum atomic E-state index is 9.91. The van der Waals surface area contributed by atoms with E-state index in [2.05, 4.69) is 39.4 Å². The fourth-order valence-electron chi connectivity index (χ4n) is 2.83. The average molecular weight is 318 g/mol. The van der Waals surface area contributed by atoms with Crippen molar-refractivity contribution >= 4 is 21.6 Å². The lowest BCUT2D eigenvalue weighted by atomic mass is 9.92. The first-order valence-corrected chi connectivity index (χ1v) is 7.26. The Hall–Kier alpha value is -1.32. The Morgan fingerprint density at radius 2 is 1.84 bits per heavy atom. The van der Waals surface area contributed by atoms with Gasteiger partial charge in [0.05, 0.1) is 12.1 Å². The van der Waals surface area contributed by atoms with Crippen LogP contribution in [0.3, 0.4) is 0 Å². The molecule has 0 aliphatic heterocycles. The Morgan fingerprint density at radius 3 is 2.58 bits per heavy atom. The molecule has 0 radical (unpaired) electrons. The first-order chi connectivity index (χ1) is 9.23. The third kappa shape index (κ3) is 2.28. The zero-order chi connectivity index (χ0) is 13.3. The van der Waals surface area contributed by atoms with Crippen molar-refractivity contribution in [1.82, 2.24) is 0 Å². The van der Waals surface area contributed by atoms with Gasteiger partial charge >= 0.3 is 0 Å². The summed E-state index contributed by atoms with van der Waals surface area (Å²) in [6.07, 6.45) is 1.94. The number of aryl methyl sites for hydroxylation is 1. The van der Waals surface area contributed by atoms with Gasteiger partial charge in [0.15, 0.2) is 0 Å². The van der Waals surface area contributed by atoms with Gasteiger partial charge in [-0.05, 0) is 48.2 Å². The normalized spacial score (nSPS) is 21.2. The van der Waals surface area contributed by atoms with E-state index in [9.17, 15) is 5.11 Å². The van der Waals surface area contributed by atoms with Crippen molar-refractivity contribution in [3.63, 3.8) is 0 Å². The summed E-state index contributed by atoms with van der Waals surface area (Å²) >= 11 is 3.44. The second-order valence-corrected chi connectivity index (χ2v) is 5.94. The highest BCUT2D eigenvalue weighted by atomic mass is 79.9. The van der Waals surface area contributed by atoms with Crippen molar-refractivity contribution in [2.75, 3.05) is 11.9 Å². The van der Waals surface area contributed by atoms with E-state index in [0.29, 0.717) is 0 Å². The zero-order valence-corrected chi connectivity index (χ0v) is 12.2. The Labute approximate surface area is 121 Å². The Balaban J connectivity index is 1.95. The maximum Gasteiger partial charge on any atom is 0.0862 e. The molecule has 2 N–H and O–H groups in total. The fraction of sp³-hybridized carbons (Fsp3) is 0.250. The van der Waals surface area contributed by atoms with Gasteiger partial charge < -0.3 is 10.4 Å². The highest BCUT2D eigenvalue weighted by Crippen LogP contribution is 2.39. The summed E-state index contributed by atoms with van der Waals surface area (Å²) in [5.41, 5.74) is 3.25. The molecule has 1 aliphatic carbocycles. The molecule has 0 aromatic heterocycles. The van der Waals surface area contributed by atoms with Crippen LogP contribution in [0.1, 0.15) is 17.5 Å². The molecule has 3 rings (SSSR count). The van der Waals surface area contributed by atoms with Crippen LogP contribution in [0.25, 0.3) is 0 Å². The van der Waals surface area contributed by atoms with Gasteiger partial charge in [-0.25, -0.2) is 0 Å². The smallest absolute Gasteiger partial charge is 0.0862 e. The fourth-order valence-corrected chi connectivity index (χ4v) is 3.10. The second kappa shape index (κ2) is 4.99. The molecule has 19 heavy (non-hydrogen) atoms. The van der Waals surface area contributed by atoms with Gasteiger partial charge in [0.2, 0.25) is 0 Å². The summed E-state index contributed by atoms with van der Waals surface area (Å²) in [4.78, 5) is 0. The van der Waals surface area contributed by atoms with Gasteiger partial charge in [0, 0.05) is 10.2 Å². The number of nitrogens with one attached hydrogen (secondary N) is 1. The summed E-state index contributed by atoms with van der Waals surface area (Å²) in [6.45, 7) is 0.111. The van der Waals surface area contributed by atoms with Crippen molar-refractivity contribution < 1.29 is 5.11 Å². The lowest BCUT2D eigenvalue weighted by molar-refractivity contribution is 0.212. The molecule has 0 saturated heterocycles. The second-order valence-electron chi connectivity index (χ2n) is 5.03. The number of rotatable bonds is 3. The van der Waals surface area contributed by atoms with Gasteiger partial charge in [-0.3, -0.25) is 0 Å². The number of hydrogen-bond donors (Lipinski definition) is 2. The summed E-state index contributed by atoms with van der Waals surface area (Å²) in [5, 5.41) is 13.4. The van der Waals surface area contributed by atoms with Gasteiger partial charge in [-0.15, -0.1) is 0 Å². The van der Waals surface area contributed by atoms with Crippen molar-refractivity contribution in [2.24, 2.45) is 0 Å². The van der Waals surface area contributed by atoms with E-state index >= 15 is 0 Å². The lowest BCUT2D eigenvalue weighted by Crippen LogP contribution is -2.36. The third-order valence-corrected chi connectivity index (χ3v) is 4.38. The van der Waals surface area contributed by atoms with Crippen LogP contribution in [-0.4, -0.2) is 11.7 Å². The van der Waals surface area contributed by atoms with Gasteiger partial charge in [-0.1, -0.05) is 40.2 Å². The topological polar surface area (TPSA) is 32.3 Å². The van der Waals surface area contributed by atoms with Crippen molar-refractivity contribution in [3.8, 4) is 0 Å². The molecule has 1 unspecified atom stereocenters. The van der Waals surface area contributed by atoms with E-state index in [1.54, 1.807) is 0 Å². The number of hydrogen-bond acceptors (Lipinski definition) is 2. The maximum absolute atomic E-state index is 9.91. The van der Waals surface area contributed by atoms with Crippen LogP contribution in [0.15, 0.2) is 53.0 Å². The summed E-state index contributed by atoms with van der Waals surface area (Å²) in [6, 6.07) is 16.4. The van der Waals surface area contributed by atoms with E-state index in [-0.39, 0.29) is 12.1 Å². The first kappa shape index (κ1) is 12.7. The van der Waals surface area contributed by atoms with E-state index in [0.717, 1.165) is 23.0 Å². The molecule has 2 aromatic carbocycles. The van der Waals surface area contributed by atoms with Crippen molar-refractivity contribution in [2.45, 2.75) is 18.4 Å². The van der Waals surface area contributed by atoms with Crippen LogP contribution < -0.4 is 5.32 Å². The van der Waals surface area contributed by atoms with E-state index < -0.39 is 0 Å². The van der Waals surface area contributed by atoms with Crippen LogP contribution in [0, 0.1) is 0 Å². The molecule has 0 fully saturated rings. The Morgan fingerprint density at radius 1 is 1.11 bits per heavy atom. The van der Waals surface area contributed by atoms with Gasteiger partial charge in [-0.2, -0.15) is 0 Å². The van der Waals surface area contributed by atoms with Crippen LogP contribution in [0.2, 0.25) is 0 Å². The van der Waals surface area contributed by atoms with Crippen LogP contribution in [0.5, 0.6) is 0 Å². The number of anilines is 1. The highest BCUT2D eigenvalue weighted by Gasteiger charge is 2.37. The zero-order valence-electron chi connectivity index (χ0n) is 10.6. The number of aliphatic hydroxyl groups is 1. The minimum atomic E-state index is -0.343. The summed E-state index contributed by atoms with van der Waals surface area (Å²) in [7, 11) is 0. The number of aliphatic hydroxyl groups excluding tert-OH is 1. The monoisotopic (exact) mass is 317 g/mol. The highest BCUT2D eigenvalue weighted by molar-refractivity contribution is 9.10. The number of halogens is 1. The van der Waals surface area contributed by atoms with E-state index in [4.69, 9.17) is 0 Å². The summed E-state index contributed by atoms with van der Waals surface area (Å²) in [5.74, 6) is 0. The predicted octanol–water partition coefficient (Wildman–Crippen LogP) is 3.70. The molecule has 2 nitrogen and oxygen atoms in total. The Kier molecular flexibility index (Phi) is 3.33. The molecule has 0 amide bonds.